The third kappa shape index (κ3) is 2.92. The van der Waals surface area contributed by atoms with E-state index in [1.165, 1.54) is 5.56 Å². The van der Waals surface area contributed by atoms with Crippen molar-refractivity contribution in [1.29, 1.82) is 0 Å². The molecule has 0 fully saturated rings. The van der Waals surface area contributed by atoms with Crippen LogP contribution in [0.5, 0.6) is 17.2 Å². The zero-order valence-electron chi connectivity index (χ0n) is 13.1. The van der Waals surface area contributed by atoms with Gasteiger partial charge in [0.2, 0.25) is 5.75 Å². The summed E-state index contributed by atoms with van der Waals surface area (Å²) in [6, 6.07) is 2.03. The zero-order chi connectivity index (χ0) is 15.5. The van der Waals surface area contributed by atoms with Gasteiger partial charge in [0, 0.05) is 11.4 Å². The van der Waals surface area contributed by atoms with E-state index in [0.717, 1.165) is 24.8 Å². The lowest BCUT2D eigenvalue weighted by molar-refractivity contribution is -0.0542. The van der Waals surface area contributed by atoms with E-state index in [9.17, 15) is 0 Å². The van der Waals surface area contributed by atoms with E-state index in [1.807, 2.05) is 6.07 Å². The van der Waals surface area contributed by atoms with Gasteiger partial charge in [-0.25, -0.2) is 0 Å². The number of methoxy groups -OCH3 is 3. The monoisotopic (exact) mass is 314 g/mol. The summed E-state index contributed by atoms with van der Waals surface area (Å²) in [7, 11) is 4.90. The van der Waals surface area contributed by atoms with Crippen molar-refractivity contribution in [3.63, 3.8) is 0 Å². The van der Waals surface area contributed by atoms with Crippen LogP contribution in [0.15, 0.2) is 6.07 Å². The number of hydrogen-bond donors (Lipinski definition) is 0. The minimum Gasteiger partial charge on any atom is -0.493 e. The smallest absolute Gasteiger partial charge is 0.203 e. The summed E-state index contributed by atoms with van der Waals surface area (Å²) < 4.78 is 22.6. The Balaban J connectivity index is 2.61. The summed E-state index contributed by atoms with van der Waals surface area (Å²) in [4.78, 5) is 0. The van der Waals surface area contributed by atoms with E-state index in [-0.39, 0.29) is 0 Å². The highest BCUT2D eigenvalue weighted by atomic mass is 35.5. The molecule has 0 spiro atoms. The van der Waals surface area contributed by atoms with E-state index >= 15 is 0 Å². The summed E-state index contributed by atoms with van der Waals surface area (Å²) in [6.45, 7) is 2.77. The van der Waals surface area contributed by atoms with Crippen LogP contribution in [0.25, 0.3) is 0 Å². The molecule has 4 nitrogen and oxygen atoms in total. The van der Waals surface area contributed by atoms with Crippen molar-refractivity contribution in [2.75, 3.05) is 33.8 Å². The third-order valence-corrected chi connectivity index (χ3v) is 4.29. The van der Waals surface area contributed by atoms with Gasteiger partial charge < -0.3 is 18.9 Å². The Morgan fingerprint density at radius 2 is 1.90 bits per heavy atom. The fraction of sp³-hybridized carbons (Fsp3) is 0.625. The minimum atomic E-state index is -0.409. The first-order chi connectivity index (χ1) is 10.1. The van der Waals surface area contributed by atoms with E-state index in [0.29, 0.717) is 29.7 Å². The maximum absolute atomic E-state index is 6.07. The van der Waals surface area contributed by atoms with E-state index in [2.05, 4.69) is 6.92 Å². The molecule has 118 valence electrons. The molecule has 0 saturated heterocycles. The molecule has 1 aliphatic heterocycles. The van der Waals surface area contributed by atoms with Crippen molar-refractivity contribution < 1.29 is 18.9 Å². The Bertz CT molecular complexity index is 504. The maximum atomic E-state index is 6.07. The average molecular weight is 315 g/mol. The number of ether oxygens (including phenoxy) is 4. The summed E-state index contributed by atoms with van der Waals surface area (Å²) >= 11 is 5.86. The predicted octanol–water partition coefficient (Wildman–Crippen LogP) is 3.52. The van der Waals surface area contributed by atoms with Crippen molar-refractivity contribution in [3.05, 3.63) is 17.2 Å². The highest BCUT2D eigenvalue weighted by Crippen LogP contribution is 2.50. The number of alkyl halides is 1. The van der Waals surface area contributed by atoms with Crippen molar-refractivity contribution in [1.82, 2.24) is 0 Å². The van der Waals surface area contributed by atoms with Gasteiger partial charge in [-0.05, 0) is 37.8 Å². The first-order valence-corrected chi connectivity index (χ1v) is 7.67. The van der Waals surface area contributed by atoms with Gasteiger partial charge in [0.25, 0.3) is 0 Å². The molecule has 0 N–H and O–H groups in total. The summed E-state index contributed by atoms with van der Waals surface area (Å²) in [5.41, 5.74) is 1.83. The first-order valence-electron chi connectivity index (χ1n) is 7.13. The molecule has 21 heavy (non-hydrogen) atoms. The van der Waals surface area contributed by atoms with Crippen LogP contribution in [0.3, 0.4) is 0 Å². The molecular formula is C16H23ClO4. The Labute approximate surface area is 131 Å². The molecule has 0 amide bonds. The second kappa shape index (κ2) is 6.75. The predicted molar refractivity (Wildman–Crippen MR) is 83.1 cm³/mol. The van der Waals surface area contributed by atoms with Crippen LogP contribution in [0.1, 0.15) is 30.9 Å². The summed E-state index contributed by atoms with van der Waals surface area (Å²) in [6.07, 6.45) is 2.56. The number of rotatable bonds is 6. The third-order valence-electron chi connectivity index (χ3n) is 4.02. The molecule has 1 heterocycles. The fourth-order valence-corrected chi connectivity index (χ4v) is 3.18. The van der Waals surface area contributed by atoms with Gasteiger partial charge in [-0.15, -0.1) is 11.6 Å². The van der Waals surface area contributed by atoms with Gasteiger partial charge in [0.15, 0.2) is 11.5 Å². The van der Waals surface area contributed by atoms with Crippen molar-refractivity contribution >= 4 is 11.6 Å². The van der Waals surface area contributed by atoms with Gasteiger partial charge >= 0.3 is 0 Å². The molecule has 0 aliphatic carbocycles. The van der Waals surface area contributed by atoms with Crippen LogP contribution >= 0.6 is 11.6 Å². The Hall–Kier alpha value is -1.13. The zero-order valence-corrected chi connectivity index (χ0v) is 13.9. The molecule has 0 aromatic heterocycles. The van der Waals surface area contributed by atoms with Crippen LogP contribution in [-0.2, 0) is 16.8 Å². The highest BCUT2D eigenvalue weighted by molar-refractivity contribution is 6.17. The molecule has 1 atom stereocenters. The molecule has 0 bridgehead atoms. The van der Waals surface area contributed by atoms with E-state index in [4.69, 9.17) is 30.5 Å². The molecular weight excluding hydrogens is 292 g/mol. The Morgan fingerprint density at radius 3 is 2.48 bits per heavy atom. The van der Waals surface area contributed by atoms with Gasteiger partial charge in [0.1, 0.15) is 0 Å². The van der Waals surface area contributed by atoms with Crippen LogP contribution in [0.4, 0.5) is 0 Å². The second-order valence-electron chi connectivity index (χ2n) is 5.30. The standard InChI is InChI=1S/C16H23ClO4/c1-16(7-5-8-17)13-11(6-9-21-16)10-12(18-2)14(19-3)15(13)20-4/h10H,5-9H2,1-4H3. The number of halogens is 1. The van der Waals surface area contributed by atoms with Crippen LogP contribution in [-0.4, -0.2) is 33.8 Å². The topological polar surface area (TPSA) is 36.9 Å². The Kier molecular flexibility index (Phi) is 5.22. The summed E-state index contributed by atoms with van der Waals surface area (Å²) in [5.74, 6) is 2.61. The molecule has 1 aliphatic rings. The van der Waals surface area contributed by atoms with Crippen LogP contribution in [0.2, 0.25) is 0 Å². The quantitative estimate of drug-likeness (QED) is 0.753. The Morgan fingerprint density at radius 1 is 1.19 bits per heavy atom. The van der Waals surface area contributed by atoms with Gasteiger partial charge in [-0.1, -0.05) is 0 Å². The minimum absolute atomic E-state index is 0.409. The van der Waals surface area contributed by atoms with Crippen molar-refractivity contribution in [2.45, 2.75) is 31.8 Å². The molecule has 0 radical (unpaired) electrons. The number of benzene rings is 1. The highest BCUT2D eigenvalue weighted by Gasteiger charge is 2.38. The van der Waals surface area contributed by atoms with Gasteiger partial charge in [-0.2, -0.15) is 0 Å². The molecule has 2 rings (SSSR count). The second-order valence-corrected chi connectivity index (χ2v) is 5.68. The van der Waals surface area contributed by atoms with Crippen LogP contribution < -0.4 is 14.2 Å². The first kappa shape index (κ1) is 16.2. The van der Waals surface area contributed by atoms with Crippen molar-refractivity contribution in [2.24, 2.45) is 0 Å². The lowest BCUT2D eigenvalue weighted by atomic mass is 9.83. The van der Waals surface area contributed by atoms with Crippen LogP contribution in [0, 0.1) is 0 Å². The molecule has 1 aromatic rings. The molecule has 0 saturated carbocycles. The van der Waals surface area contributed by atoms with Gasteiger partial charge in [-0.3, -0.25) is 0 Å². The number of hydrogen-bond acceptors (Lipinski definition) is 4. The SMILES string of the molecule is COc1cc2c(c(OC)c1OC)C(C)(CCCCl)OCC2. The molecule has 1 aromatic carbocycles. The summed E-state index contributed by atoms with van der Waals surface area (Å²) in [5, 5.41) is 0. The lowest BCUT2D eigenvalue weighted by Gasteiger charge is -2.38. The van der Waals surface area contributed by atoms with E-state index < -0.39 is 5.60 Å². The van der Waals surface area contributed by atoms with E-state index in [1.54, 1.807) is 21.3 Å². The van der Waals surface area contributed by atoms with Gasteiger partial charge in [0.05, 0.1) is 33.5 Å². The normalized spacial score (nSPS) is 20.8. The molecule has 5 heteroatoms. The van der Waals surface area contributed by atoms with Crippen molar-refractivity contribution in [3.8, 4) is 17.2 Å². The average Bonchev–Trinajstić information content (AvgIpc) is 2.51. The maximum Gasteiger partial charge on any atom is 0.203 e. The largest absolute Gasteiger partial charge is 0.493 e. The molecule has 1 unspecified atom stereocenters. The fourth-order valence-electron chi connectivity index (χ4n) is 3.04. The number of fused-ring (bicyclic) bond motifs is 1. The lowest BCUT2D eigenvalue weighted by Crippen LogP contribution is -2.33.